The van der Waals surface area contributed by atoms with Gasteiger partial charge in [-0.15, -0.1) is 0 Å². The Morgan fingerprint density at radius 1 is 1.02 bits per heavy atom. The number of thioether (sulfide) groups is 1. The molecule has 0 amide bonds. The highest BCUT2D eigenvalue weighted by Crippen LogP contribution is 2.36. The van der Waals surface area contributed by atoms with E-state index in [4.69, 9.17) is 10.5 Å². The molecule has 6 rings (SSSR count). The number of aryl methyl sites for hydroxylation is 1. The van der Waals surface area contributed by atoms with Crippen LogP contribution in [0.2, 0.25) is 0 Å². The van der Waals surface area contributed by atoms with Gasteiger partial charge in [0.25, 0.3) is 0 Å². The Morgan fingerprint density at radius 2 is 1.82 bits per heavy atom. The molecule has 0 saturated carbocycles. The summed E-state index contributed by atoms with van der Waals surface area (Å²) in [5.41, 5.74) is 10.9. The van der Waals surface area contributed by atoms with Crippen molar-refractivity contribution in [2.24, 2.45) is 7.05 Å². The molecule has 40 heavy (non-hydrogen) atoms. The average Bonchev–Trinajstić information content (AvgIpc) is 3.63. The molecule has 1 aliphatic rings. The van der Waals surface area contributed by atoms with Crippen LogP contribution in [-0.4, -0.2) is 68.3 Å². The molecule has 1 fully saturated rings. The van der Waals surface area contributed by atoms with E-state index in [-0.39, 0.29) is 5.82 Å². The van der Waals surface area contributed by atoms with Crippen LogP contribution in [0.5, 0.6) is 0 Å². The molecule has 0 bridgehead atoms. The van der Waals surface area contributed by atoms with Crippen molar-refractivity contribution < 1.29 is 14.9 Å². The van der Waals surface area contributed by atoms with Gasteiger partial charge in [0, 0.05) is 42.7 Å². The third kappa shape index (κ3) is 4.91. The number of benzene rings is 1. The van der Waals surface area contributed by atoms with Gasteiger partial charge < -0.3 is 29.8 Å². The van der Waals surface area contributed by atoms with Crippen molar-refractivity contribution in [3.8, 4) is 23.1 Å². The van der Waals surface area contributed by atoms with Gasteiger partial charge in [-0.25, -0.2) is 24.9 Å². The minimum atomic E-state index is -1.18. The minimum absolute atomic E-state index is 0.253. The molecule has 4 atom stereocenters. The van der Waals surface area contributed by atoms with Crippen LogP contribution in [0, 0.1) is 11.8 Å². The van der Waals surface area contributed by atoms with E-state index >= 15 is 0 Å². The fraction of sp³-hybridized carbons (Fsp3) is 0.250. The number of hydrogen-bond acceptors (Lipinski definition) is 10. The van der Waals surface area contributed by atoms with Crippen molar-refractivity contribution in [2.75, 3.05) is 11.5 Å². The van der Waals surface area contributed by atoms with Gasteiger partial charge in [0.1, 0.15) is 36.3 Å². The summed E-state index contributed by atoms with van der Waals surface area (Å²) in [4.78, 5) is 21.0. The Balaban J connectivity index is 1.22. The monoisotopic (exact) mass is 554 g/mol. The molecule has 4 aromatic heterocycles. The van der Waals surface area contributed by atoms with E-state index in [0.29, 0.717) is 33.7 Å². The first-order valence-electron chi connectivity index (χ1n) is 12.5. The average molecular weight is 555 g/mol. The van der Waals surface area contributed by atoms with E-state index < -0.39 is 24.5 Å². The molecule has 0 unspecified atom stereocenters. The van der Waals surface area contributed by atoms with E-state index in [1.165, 1.54) is 12.7 Å². The van der Waals surface area contributed by atoms with Gasteiger partial charge in [-0.2, -0.15) is 11.8 Å². The van der Waals surface area contributed by atoms with Crippen LogP contribution in [-0.2, 0) is 17.5 Å². The first-order chi connectivity index (χ1) is 19.5. The number of ether oxygens (including phenoxy) is 1. The second-order valence-corrected chi connectivity index (χ2v) is 10.4. The highest BCUT2D eigenvalue weighted by Gasteiger charge is 2.44. The topological polar surface area (TPSA) is 150 Å². The fourth-order valence-electron chi connectivity index (χ4n) is 4.73. The molecule has 5 aromatic rings. The van der Waals surface area contributed by atoms with Gasteiger partial charge >= 0.3 is 0 Å². The lowest BCUT2D eigenvalue weighted by Gasteiger charge is -2.17. The Hall–Kier alpha value is -4.28. The summed E-state index contributed by atoms with van der Waals surface area (Å²) in [5, 5.41) is 22.4. The molecule has 5 heterocycles. The largest absolute Gasteiger partial charge is 0.387 e. The molecule has 1 aliphatic heterocycles. The highest BCUT2D eigenvalue weighted by molar-refractivity contribution is 7.98. The predicted octanol–water partition coefficient (Wildman–Crippen LogP) is 2.16. The Bertz CT molecular complexity index is 1700. The minimum Gasteiger partial charge on any atom is -0.387 e. The van der Waals surface area contributed by atoms with Gasteiger partial charge in [0.05, 0.1) is 40.3 Å². The lowest BCUT2D eigenvalue weighted by molar-refractivity contribution is -0.0285. The standard InChI is InChI=1S/C28H26N8O3S/c1-35-16-34-23(18-5-3-2-4-6-18)20(35)12-40-13-21-24(37)25(38)28(39-21)36-11-19(8-7-17-9-30-14-31-10-17)22-26(29)32-15-33-27(22)36/h2-6,9-11,14-16,21,24-25,28,37-38H,12-13H2,1H3,(H2,29,32,33)/t21-,24-,25-,28-/m1/s1. The summed E-state index contributed by atoms with van der Waals surface area (Å²) in [7, 11) is 1.96. The number of rotatable bonds is 6. The van der Waals surface area contributed by atoms with Crippen LogP contribution >= 0.6 is 11.8 Å². The Morgan fingerprint density at radius 3 is 2.62 bits per heavy atom. The first-order valence-corrected chi connectivity index (χ1v) is 13.7. The van der Waals surface area contributed by atoms with Crippen molar-refractivity contribution in [3.05, 3.63) is 84.7 Å². The van der Waals surface area contributed by atoms with Gasteiger partial charge in [0.2, 0.25) is 0 Å². The van der Waals surface area contributed by atoms with Crippen LogP contribution in [0.15, 0.2) is 67.9 Å². The lowest BCUT2D eigenvalue weighted by atomic mass is 10.1. The van der Waals surface area contributed by atoms with Crippen molar-refractivity contribution in [1.29, 1.82) is 0 Å². The van der Waals surface area contributed by atoms with Crippen molar-refractivity contribution in [2.45, 2.75) is 30.3 Å². The van der Waals surface area contributed by atoms with Crippen molar-refractivity contribution in [3.63, 3.8) is 0 Å². The number of nitrogens with two attached hydrogens (primary N) is 1. The number of anilines is 1. The van der Waals surface area contributed by atoms with Gasteiger partial charge in [-0.05, 0) is 0 Å². The highest BCUT2D eigenvalue weighted by atomic mass is 32.2. The van der Waals surface area contributed by atoms with Crippen LogP contribution in [0.3, 0.4) is 0 Å². The summed E-state index contributed by atoms with van der Waals surface area (Å²) < 4.78 is 9.87. The van der Waals surface area contributed by atoms with E-state index in [2.05, 4.69) is 36.8 Å². The quantitative estimate of drug-likeness (QED) is 0.267. The van der Waals surface area contributed by atoms with Crippen molar-refractivity contribution >= 4 is 28.6 Å². The number of fused-ring (bicyclic) bond motifs is 1. The predicted molar refractivity (Wildman–Crippen MR) is 151 cm³/mol. The third-order valence-electron chi connectivity index (χ3n) is 6.78. The molecular formula is C28H26N8O3S. The molecule has 4 N–H and O–H groups in total. The van der Waals surface area contributed by atoms with E-state index in [1.54, 1.807) is 41.2 Å². The number of nitrogens with zero attached hydrogens (tertiary/aromatic N) is 7. The van der Waals surface area contributed by atoms with Crippen LogP contribution in [0.1, 0.15) is 23.0 Å². The zero-order chi connectivity index (χ0) is 27.6. The number of aliphatic hydroxyl groups is 2. The maximum atomic E-state index is 11.0. The normalized spacial score (nSPS) is 20.5. The van der Waals surface area contributed by atoms with Crippen LogP contribution in [0.25, 0.3) is 22.3 Å². The summed E-state index contributed by atoms with van der Waals surface area (Å²) in [6.45, 7) is 0. The fourth-order valence-corrected chi connectivity index (χ4v) is 5.89. The lowest BCUT2D eigenvalue weighted by Crippen LogP contribution is -2.32. The smallest absolute Gasteiger partial charge is 0.164 e. The van der Waals surface area contributed by atoms with Gasteiger partial charge in [-0.1, -0.05) is 42.2 Å². The van der Waals surface area contributed by atoms with Crippen LogP contribution in [0.4, 0.5) is 5.82 Å². The Labute approximate surface area is 234 Å². The number of hydrogen-bond donors (Lipinski definition) is 3. The third-order valence-corrected chi connectivity index (χ3v) is 7.82. The Kier molecular flexibility index (Phi) is 7.19. The summed E-state index contributed by atoms with van der Waals surface area (Å²) in [6, 6.07) is 10.0. The molecular weight excluding hydrogens is 528 g/mol. The zero-order valence-corrected chi connectivity index (χ0v) is 22.3. The first kappa shape index (κ1) is 26.0. The molecule has 11 nitrogen and oxygen atoms in total. The zero-order valence-electron chi connectivity index (χ0n) is 21.5. The van der Waals surface area contributed by atoms with Crippen LogP contribution < -0.4 is 5.73 Å². The van der Waals surface area contributed by atoms with Gasteiger partial charge in [0.15, 0.2) is 6.23 Å². The maximum Gasteiger partial charge on any atom is 0.164 e. The van der Waals surface area contributed by atoms with E-state index in [9.17, 15) is 10.2 Å². The maximum absolute atomic E-state index is 11.0. The molecule has 0 spiro atoms. The number of aliphatic hydroxyl groups excluding tert-OH is 2. The SMILES string of the molecule is Cn1cnc(-c2ccccc2)c1CSC[C@H]1O[C@@H](n2cc(C#Cc3cncnc3)c3c(N)ncnc32)[C@H](O)[C@@H]1O. The van der Waals surface area contributed by atoms with E-state index in [1.807, 2.05) is 41.9 Å². The molecule has 0 radical (unpaired) electrons. The molecule has 202 valence electrons. The van der Waals surface area contributed by atoms with Crippen molar-refractivity contribution in [1.82, 2.24) is 34.1 Å². The number of aromatic nitrogens is 7. The summed E-state index contributed by atoms with van der Waals surface area (Å²) >= 11 is 1.61. The number of imidazole rings is 1. The van der Waals surface area contributed by atoms with Gasteiger partial charge in [-0.3, -0.25) is 0 Å². The van der Waals surface area contributed by atoms with E-state index in [0.717, 1.165) is 17.0 Å². The summed E-state index contributed by atoms with van der Waals surface area (Å²) in [6.07, 6.45) is 5.74. The molecule has 0 aliphatic carbocycles. The molecule has 12 heteroatoms. The molecule has 1 saturated heterocycles. The second kappa shape index (κ2) is 11.1. The second-order valence-electron chi connectivity index (χ2n) is 9.36. The molecule has 1 aromatic carbocycles. The number of nitrogen functional groups attached to an aromatic ring is 1. The summed E-state index contributed by atoms with van der Waals surface area (Å²) in [5.74, 6) is 7.47.